The summed E-state index contributed by atoms with van der Waals surface area (Å²) in [5, 5.41) is 26.8. The molecule has 2 aromatic rings. The van der Waals surface area contributed by atoms with Gasteiger partial charge in [-0.1, -0.05) is 29.3 Å². The number of amides is 2. The second-order valence-corrected chi connectivity index (χ2v) is 13.0. The molecule has 0 saturated carbocycles. The molecule has 1 aromatic heterocycles. The molecule has 11 nitrogen and oxygen atoms in total. The minimum absolute atomic E-state index is 0.116. The van der Waals surface area contributed by atoms with Crippen molar-refractivity contribution in [2.24, 2.45) is 0 Å². The van der Waals surface area contributed by atoms with E-state index >= 15 is 0 Å². The number of thiazole rings is 1. The van der Waals surface area contributed by atoms with Crippen LogP contribution in [0.25, 0.3) is 0 Å². The van der Waals surface area contributed by atoms with Crippen molar-refractivity contribution in [3.05, 3.63) is 72.9 Å². The van der Waals surface area contributed by atoms with Gasteiger partial charge in [0.05, 0.1) is 28.5 Å². The maximum Gasteiger partial charge on any atom is 0.334 e. The number of nitrogens with zero attached hydrogens (tertiary/aromatic N) is 4. The molecule has 0 aliphatic carbocycles. The van der Waals surface area contributed by atoms with Crippen LogP contribution in [-0.2, 0) is 25.6 Å². The summed E-state index contributed by atoms with van der Waals surface area (Å²) < 4.78 is 0. The van der Waals surface area contributed by atoms with Gasteiger partial charge in [0, 0.05) is 90.7 Å². The summed E-state index contributed by atoms with van der Waals surface area (Å²) in [7, 11) is 0. The molecule has 3 aliphatic heterocycles. The Morgan fingerprint density at radius 1 is 0.956 bits per heavy atom. The molecule has 0 spiro atoms. The Kier molecular flexibility index (Phi) is 10.8. The number of piperazine rings is 1. The van der Waals surface area contributed by atoms with Crippen LogP contribution in [0, 0.1) is 0 Å². The Morgan fingerprint density at radius 2 is 1.64 bits per heavy atom. The van der Waals surface area contributed by atoms with Crippen molar-refractivity contribution in [1.29, 1.82) is 0 Å². The molecule has 4 heterocycles. The van der Waals surface area contributed by atoms with Gasteiger partial charge in [0.2, 0.25) is 11.8 Å². The highest BCUT2D eigenvalue weighted by Gasteiger charge is 2.41. The number of likely N-dealkylation sites (tertiary alicyclic amines) is 1. The maximum atomic E-state index is 13.6. The summed E-state index contributed by atoms with van der Waals surface area (Å²) in [6.07, 6.45) is 4.45. The summed E-state index contributed by atoms with van der Waals surface area (Å²) in [5.74, 6) is -4.04. The summed E-state index contributed by atoms with van der Waals surface area (Å²) in [6, 6.07) is 4.67. The van der Waals surface area contributed by atoms with Gasteiger partial charge in [0.15, 0.2) is 0 Å². The quantitative estimate of drug-likeness (QED) is 0.304. The number of carboxylic acids is 2. The fraction of sp³-hybridized carbons (Fsp3) is 0.452. The van der Waals surface area contributed by atoms with Gasteiger partial charge >= 0.3 is 11.9 Å². The highest BCUT2D eigenvalue weighted by molar-refractivity contribution is 7.09. The topological polar surface area (TPSA) is 143 Å². The maximum absolute atomic E-state index is 13.6. The Balaban J connectivity index is 1.36. The van der Waals surface area contributed by atoms with Crippen molar-refractivity contribution in [3.63, 3.8) is 0 Å². The first kappa shape index (κ1) is 32.9. The van der Waals surface area contributed by atoms with Gasteiger partial charge in [0.1, 0.15) is 0 Å². The van der Waals surface area contributed by atoms with E-state index in [-0.39, 0.29) is 62.8 Å². The molecule has 2 amide bonds. The van der Waals surface area contributed by atoms with E-state index in [1.54, 1.807) is 17.2 Å². The zero-order valence-corrected chi connectivity index (χ0v) is 27.0. The first-order valence-electron chi connectivity index (χ1n) is 14.9. The minimum Gasteiger partial charge on any atom is -0.478 e. The van der Waals surface area contributed by atoms with Crippen molar-refractivity contribution in [2.75, 3.05) is 45.8 Å². The van der Waals surface area contributed by atoms with E-state index in [4.69, 9.17) is 23.2 Å². The van der Waals surface area contributed by atoms with Crippen molar-refractivity contribution in [1.82, 2.24) is 25.0 Å². The normalized spacial score (nSPS) is 19.3. The Labute approximate surface area is 275 Å². The predicted molar refractivity (Wildman–Crippen MR) is 170 cm³/mol. The third kappa shape index (κ3) is 7.69. The zero-order valence-electron chi connectivity index (χ0n) is 24.6. The van der Waals surface area contributed by atoms with E-state index in [2.05, 4.69) is 15.2 Å². The second kappa shape index (κ2) is 14.8. The second-order valence-electron chi connectivity index (χ2n) is 11.3. The van der Waals surface area contributed by atoms with Crippen LogP contribution in [0.1, 0.15) is 48.6 Å². The van der Waals surface area contributed by atoms with Crippen LogP contribution in [0.15, 0.2) is 52.3 Å². The fourth-order valence-corrected chi connectivity index (χ4v) is 7.48. The molecule has 3 aliphatic rings. The van der Waals surface area contributed by atoms with Gasteiger partial charge in [-0.05, 0) is 37.9 Å². The number of carbonyl (C=O) groups excluding carboxylic acids is 2. The van der Waals surface area contributed by atoms with Gasteiger partial charge in [0.25, 0.3) is 0 Å². The molecule has 1 aromatic carbocycles. The smallest absolute Gasteiger partial charge is 0.334 e. The Morgan fingerprint density at radius 3 is 2.24 bits per heavy atom. The molecule has 240 valence electrons. The third-order valence-corrected chi connectivity index (χ3v) is 9.98. The fourth-order valence-electron chi connectivity index (χ4n) is 6.24. The molecule has 0 bridgehead atoms. The number of hydrogen-bond donors (Lipinski definition) is 3. The first-order valence-corrected chi connectivity index (χ1v) is 16.6. The molecule has 2 fully saturated rings. The third-order valence-electron chi connectivity index (χ3n) is 8.48. The molecular formula is C31H35Cl2N5O6S. The van der Waals surface area contributed by atoms with Crippen LogP contribution in [-0.4, -0.2) is 99.5 Å². The van der Waals surface area contributed by atoms with Crippen molar-refractivity contribution in [2.45, 2.75) is 44.4 Å². The monoisotopic (exact) mass is 675 g/mol. The number of rotatable bonds is 12. The largest absolute Gasteiger partial charge is 0.478 e. The number of dihydropyridines is 1. The molecule has 5 rings (SSSR count). The van der Waals surface area contributed by atoms with E-state index in [9.17, 15) is 29.4 Å². The molecular weight excluding hydrogens is 641 g/mol. The number of hydrogen-bond acceptors (Lipinski definition) is 8. The van der Waals surface area contributed by atoms with Crippen LogP contribution in [0.3, 0.4) is 0 Å². The number of allylic oxidation sites excluding steroid dienone is 1. The zero-order chi connectivity index (χ0) is 32.1. The van der Waals surface area contributed by atoms with E-state index in [1.165, 1.54) is 23.5 Å². The highest BCUT2D eigenvalue weighted by Crippen LogP contribution is 2.45. The number of aryl methyl sites for hydroxylation is 1. The highest BCUT2D eigenvalue weighted by atomic mass is 35.5. The number of aliphatic carboxylic acids is 2. The molecule has 0 radical (unpaired) electrons. The minimum atomic E-state index is -1.37. The number of aromatic nitrogens is 1. The average Bonchev–Trinajstić information content (AvgIpc) is 3.67. The number of halogens is 2. The van der Waals surface area contributed by atoms with E-state index < -0.39 is 17.9 Å². The van der Waals surface area contributed by atoms with E-state index in [1.807, 2.05) is 10.3 Å². The summed E-state index contributed by atoms with van der Waals surface area (Å²) in [4.78, 5) is 61.3. The molecule has 14 heteroatoms. The molecule has 1 unspecified atom stereocenters. The van der Waals surface area contributed by atoms with Gasteiger partial charge in [-0.25, -0.2) is 14.6 Å². The molecule has 3 N–H and O–H groups in total. The summed E-state index contributed by atoms with van der Waals surface area (Å²) >= 11 is 14.5. The van der Waals surface area contributed by atoms with Crippen LogP contribution < -0.4 is 5.32 Å². The SMILES string of the molecule is O=C(O)C1=C(CCc2nccs2)NC(CC(=O)N2CCN(CCCN3CCCC3=O)CC2)=C(C(=O)O)C1c1c(Cl)cccc1Cl. The Hall–Kier alpha value is -3.45. The average molecular weight is 677 g/mol. The standard InChI is InChI=1S/C31H35Cl2N5O6S/c32-19-4-1-5-20(33)26(19)29-27(30(41)42)21(7-8-23-34-9-17-45-23)35-22(28(29)31(43)44)18-25(40)38-15-13-36(14-16-38)10-3-12-37-11-2-6-24(37)39/h1,4-5,9,17,29,35H,2-3,6-8,10-16,18H2,(H,41,42)(H,43,44). The Bertz CT molecular complexity index is 1500. The number of benzene rings is 1. The van der Waals surface area contributed by atoms with Crippen LogP contribution >= 0.6 is 34.5 Å². The lowest BCUT2D eigenvalue weighted by atomic mass is 9.79. The summed E-state index contributed by atoms with van der Waals surface area (Å²) in [5.41, 5.74) is 0.111. The predicted octanol–water partition coefficient (Wildman–Crippen LogP) is 3.99. The van der Waals surface area contributed by atoms with Gasteiger partial charge < -0.3 is 25.3 Å². The van der Waals surface area contributed by atoms with Crippen LogP contribution in [0.2, 0.25) is 10.0 Å². The lowest BCUT2D eigenvalue weighted by Crippen LogP contribution is -2.49. The molecule has 1 atom stereocenters. The van der Waals surface area contributed by atoms with E-state index in [0.717, 1.165) is 37.5 Å². The first-order chi connectivity index (χ1) is 21.6. The molecule has 45 heavy (non-hydrogen) atoms. The van der Waals surface area contributed by atoms with Crippen molar-refractivity contribution < 1.29 is 29.4 Å². The summed E-state index contributed by atoms with van der Waals surface area (Å²) in [6.45, 7) is 4.67. The van der Waals surface area contributed by atoms with Gasteiger partial charge in [-0.15, -0.1) is 11.3 Å². The van der Waals surface area contributed by atoms with Crippen LogP contribution in [0.4, 0.5) is 0 Å². The lowest BCUT2D eigenvalue weighted by molar-refractivity contribution is -0.133. The van der Waals surface area contributed by atoms with Crippen molar-refractivity contribution in [3.8, 4) is 0 Å². The van der Waals surface area contributed by atoms with Crippen molar-refractivity contribution >= 4 is 58.3 Å². The lowest BCUT2D eigenvalue weighted by Gasteiger charge is -2.36. The van der Waals surface area contributed by atoms with Gasteiger partial charge in [-0.3, -0.25) is 14.5 Å². The number of carboxylic acid groups (broad SMARTS) is 2. The van der Waals surface area contributed by atoms with E-state index in [0.29, 0.717) is 39.0 Å². The number of carbonyl (C=O) groups is 4. The molecule has 2 saturated heterocycles. The van der Waals surface area contributed by atoms with Gasteiger partial charge in [-0.2, -0.15) is 0 Å². The van der Waals surface area contributed by atoms with Crippen LogP contribution in [0.5, 0.6) is 0 Å². The number of nitrogens with one attached hydrogen (secondary N) is 1.